The van der Waals surface area contributed by atoms with Gasteiger partial charge >= 0.3 is 5.63 Å². The number of hydrogen-bond donors (Lipinski definition) is 5. The van der Waals surface area contributed by atoms with Crippen molar-refractivity contribution in [3.05, 3.63) is 34.9 Å². The molecule has 0 spiro atoms. The van der Waals surface area contributed by atoms with Gasteiger partial charge in [-0.2, -0.15) is 0 Å². The van der Waals surface area contributed by atoms with E-state index in [-0.39, 0.29) is 23.5 Å². The smallest absolute Gasteiger partial charge is 0.336 e. The maximum atomic E-state index is 11.9. The Morgan fingerprint density at radius 2 is 1.74 bits per heavy atom. The van der Waals surface area contributed by atoms with E-state index < -0.39 is 54.6 Å². The largest absolute Gasteiger partial charge is 0.495 e. The molecule has 1 aliphatic heterocycles. The van der Waals surface area contributed by atoms with E-state index in [0.29, 0.717) is 16.5 Å². The molecule has 1 saturated heterocycles. The van der Waals surface area contributed by atoms with Crippen LogP contribution >= 0.6 is 0 Å². The molecule has 1 aromatic carbocycles. The fraction of sp³-hybridized carbons (Fsp3) is 0.522. The van der Waals surface area contributed by atoms with E-state index in [1.54, 1.807) is 6.07 Å². The SMILES string of the molecule is COc1c2ccoc2c(OCC(O)C(C)(C)OC2OC(CO)C(O)C(O)C2O)c2oc(=O)ccc12. The summed E-state index contributed by atoms with van der Waals surface area (Å²) in [6.07, 6.45) is -7.33. The molecule has 0 aliphatic carbocycles. The molecular weight excluding hydrogens is 468 g/mol. The van der Waals surface area contributed by atoms with Gasteiger partial charge in [0.05, 0.1) is 36.4 Å². The second-order valence-electron chi connectivity index (χ2n) is 8.77. The maximum absolute atomic E-state index is 11.9. The van der Waals surface area contributed by atoms with Crippen LogP contribution in [0.1, 0.15) is 13.8 Å². The highest BCUT2D eigenvalue weighted by atomic mass is 16.7. The summed E-state index contributed by atoms with van der Waals surface area (Å²) < 4.78 is 33.3. The van der Waals surface area contributed by atoms with Crippen LogP contribution in [0.5, 0.6) is 11.5 Å². The van der Waals surface area contributed by atoms with Crippen LogP contribution in [-0.2, 0) is 9.47 Å². The first kappa shape index (κ1) is 25.4. The fourth-order valence-corrected chi connectivity index (χ4v) is 3.93. The molecule has 192 valence electrons. The third kappa shape index (κ3) is 4.61. The van der Waals surface area contributed by atoms with Crippen molar-refractivity contribution in [2.45, 2.75) is 56.3 Å². The summed E-state index contributed by atoms with van der Waals surface area (Å²) in [5.41, 5.74) is -1.72. The molecule has 5 N–H and O–H groups in total. The first-order valence-electron chi connectivity index (χ1n) is 10.9. The molecule has 1 fully saturated rings. The number of benzene rings is 1. The molecule has 0 radical (unpaired) electrons. The lowest BCUT2D eigenvalue weighted by molar-refractivity contribution is -0.332. The van der Waals surface area contributed by atoms with Gasteiger partial charge < -0.3 is 53.3 Å². The van der Waals surface area contributed by atoms with Crippen LogP contribution in [0.25, 0.3) is 21.9 Å². The van der Waals surface area contributed by atoms with E-state index in [9.17, 15) is 30.3 Å². The van der Waals surface area contributed by atoms with Gasteiger partial charge in [0.2, 0.25) is 5.75 Å². The predicted molar refractivity (Wildman–Crippen MR) is 119 cm³/mol. The second-order valence-corrected chi connectivity index (χ2v) is 8.77. The van der Waals surface area contributed by atoms with Crippen molar-refractivity contribution < 1.29 is 53.3 Å². The number of hydrogen-bond acceptors (Lipinski definition) is 12. The fourth-order valence-electron chi connectivity index (χ4n) is 3.93. The van der Waals surface area contributed by atoms with E-state index in [1.807, 2.05) is 0 Å². The van der Waals surface area contributed by atoms with Crippen LogP contribution in [0.4, 0.5) is 0 Å². The summed E-state index contributed by atoms with van der Waals surface area (Å²) in [6, 6.07) is 4.43. The van der Waals surface area contributed by atoms with Crippen molar-refractivity contribution >= 4 is 21.9 Å². The second kappa shape index (κ2) is 9.74. The molecule has 6 unspecified atom stereocenters. The van der Waals surface area contributed by atoms with Crippen molar-refractivity contribution in [1.29, 1.82) is 0 Å². The Morgan fingerprint density at radius 3 is 2.43 bits per heavy atom. The summed E-state index contributed by atoms with van der Waals surface area (Å²) in [4.78, 5) is 11.9. The Bertz CT molecular complexity index is 1230. The van der Waals surface area contributed by atoms with Crippen molar-refractivity contribution in [3.63, 3.8) is 0 Å². The zero-order valence-electron chi connectivity index (χ0n) is 19.3. The van der Waals surface area contributed by atoms with Gasteiger partial charge in [-0.3, -0.25) is 0 Å². The monoisotopic (exact) mass is 496 g/mol. The van der Waals surface area contributed by atoms with Crippen LogP contribution in [0.3, 0.4) is 0 Å². The molecule has 3 aromatic rings. The molecule has 12 nitrogen and oxygen atoms in total. The molecule has 12 heteroatoms. The Hall–Kier alpha value is -2.71. The van der Waals surface area contributed by atoms with Crippen molar-refractivity contribution in [1.82, 2.24) is 0 Å². The molecule has 0 amide bonds. The molecule has 2 aromatic heterocycles. The number of rotatable bonds is 8. The van der Waals surface area contributed by atoms with Crippen molar-refractivity contribution in [2.75, 3.05) is 20.3 Å². The number of fused-ring (bicyclic) bond motifs is 2. The summed E-state index contributed by atoms with van der Waals surface area (Å²) in [7, 11) is 1.47. The van der Waals surface area contributed by atoms with E-state index in [1.165, 1.54) is 39.4 Å². The lowest BCUT2D eigenvalue weighted by atomic mass is 9.98. The number of methoxy groups -OCH3 is 1. The molecule has 4 rings (SSSR count). The average Bonchev–Trinajstić information content (AvgIpc) is 3.31. The Labute approximate surface area is 198 Å². The van der Waals surface area contributed by atoms with Gasteiger partial charge in [0.1, 0.15) is 42.9 Å². The lowest BCUT2D eigenvalue weighted by Crippen LogP contribution is -2.61. The molecule has 0 bridgehead atoms. The number of furan rings is 1. The number of aliphatic hydroxyl groups is 5. The lowest BCUT2D eigenvalue weighted by Gasteiger charge is -2.43. The number of aliphatic hydroxyl groups excluding tert-OH is 5. The van der Waals surface area contributed by atoms with E-state index in [4.69, 9.17) is 27.8 Å². The highest BCUT2D eigenvalue weighted by Gasteiger charge is 2.47. The number of ether oxygens (including phenoxy) is 4. The molecule has 6 atom stereocenters. The quantitative estimate of drug-likeness (QED) is 0.261. The maximum Gasteiger partial charge on any atom is 0.336 e. The van der Waals surface area contributed by atoms with Crippen molar-refractivity contribution in [3.8, 4) is 11.5 Å². The summed E-state index contributed by atoms with van der Waals surface area (Å²) >= 11 is 0. The van der Waals surface area contributed by atoms with Gasteiger partial charge in [-0.25, -0.2) is 4.79 Å². The van der Waals surface area contributed by atoms with Crippen LogP contribution in [0.2, 0.25) is 0 Å². The zero-order chi connectivity index (χ0) is 25.5. The molecule has 1 aliphatic rings. The van der Waals surface area contributed by atoms with Crippen LogP contribution < -0.4 is 15.1 Å². The minimum Gasteiger partial charge on any atom is -0.495 e. The summed E-state index contributed by atoms with van der Waals surface area (Å²) in [5.74, 6) is 0.493. The minimum atomic E-state index is -1.64. The zero-order valence-corrected chi connectivity index (χ0v) is 19.3. The van der Waals surface area contributed by atoms with E-state index in [2.05, 4.69) is 0 Å². The summed E-state index contributed by atoms with van der Waals surface area (Å²) in [6.45, 7) is 2.01. The van der Waals surface area contributed by atoms with Gasteiger partial charge in [-0.05, 0) is 26.0 Å². The van der Waals surface area contributed by atoms with Crippen LogP contribution in [0, 0.1) is 0 Å². The molecular formula is C23H28O12. The average molecular weight is 496 g/mol. The van der Waals surface area contributed by atoms with Gasteiger partial charge in [-0.15, -0.1) is 0 Å². The molecule has 0 saturated carbocycles. The van der Waals surface area contributed by atoms with Crippen LogP contribution in [-0.4, -0.2) is 88.3 Å². The standard InChI is InChI=1S/C23H28O12/c1-23(2,35-22-17(29)16(28)15(27)12(8-24)33-22)13(25)9-32-21-19-11(6-7-31-19)18(30-3)10-4-5-14(26)34-20(10)21/h4-7,12-13,15-17,22,24-25,27-29H,8-9H2,1-3H3. The van der Waals surface area contributed by atoms with Gasteiger partial charge in [-0.1, -0.05) is 0 Å². The van der Waals surface area contributed by atoms with Gasteiger partial charge in [0, 0.05) is 6.07 Å². The topological polar surface area (TPSA) is 181 Å². The summed E-state index contributed by atoms with van der Waals surface area (Å²) in [5, 5.41) is 51.4. The Balaban J connectivity index is 1.57. The minimum absolute atomic E-state index is 0.0664. The highest BCUT2D eigenvalue weighted by Crippen LogP contribution is 2.42. The van der Waals surface area contributed by atoms with Gasteiger partial charge in [0.15, 0.2) is 17.5 Å². The third-order valence-corrected chi connectivity index (χ3v) is 6.06. The third-order valence-electron chi connectivity index (χ3n) is 6.06. The Morgan fingerprint density at radius 1 is 1.03 bits per heavy atom. The first-order valence-corrected chi connectivity index (χ1v) is 10.9. The Kier molecular flexibility index (Phi) is 7.06. The van der Waals surface area contributed by atoms with Crippen LogP contribution in [0.15, 0.2) is 38.1 Å². The molecule has 3 heterocycles. The van der Waals surface area contributed by atoms with Gasteiger partial charge in [0.25, 0.3) is 0 Å². The normalized spacial score (nSPS) is 26.2. The van der Waals surface area contributed by atoms with E-state index >= 15 is 0 Å². The predicted octanol–water partition coefficient (Wildman–Crippen LogP) is -0.117. The highest BCUT2D eigenvalue weighted by molar-refractivity contribution is 6.06. The van der Waals surface area contributed by atoms with E-state index in [0.717, 1.165) is 0 Å². The van der Waals surface area contributed by atoms with Crippen molar-refractivity contribution in [2.24, 2.45) is 0 Å². The molecule has 35 heavy (non-hydrogen) atoms. The first-order chi connectivity index (χ1) is 16.6.